The van der Waals surface area contributed by atoms with Gasteiger partial charge in [0.2, 0.25) is 0 Å². The molecule has 2 aliphatic rings. The molecular formula is C24H29F2N5O2. The van der Waals surface area contributed by atoms with Gasteiger partial charge in [0.05, 0.1) is 6.04 Å². The van der Waals surface area contributed by atoms with Crippen molar-refractivity contribution in [3.8, 4) is 0 Å². The lowest BCUT2D eigenvalue weighted by atomic mass is 10.00. The fourth-order valence-electron chi connectivity index (χ4n) is 4.42. The molecule has 2 aromatic rings. The number of nitrogens with one attached hydrogen (secondary N) is 2. The molecule has 176 valence electrons. The third-order valence-corrected chi connectivity index (χ3v) is 6.43. The summed E-state index contributed by atoms with van der Waals surface area (Å²) >= 11 is 0. The monoisotopic (exact) mass is 457 g/mol. The van der Waals surface area contributed by atoms with Gasteiger partial charge in [0.15, 0.2) is 11.6 Å². The van der Waals surface area contributed by atoms with Gasteiger partial charge < -0.3 is 20.4 Å². The molecule has 0 saturated carbocycles. The minimum Gasteiger partial charge on any atom is -0.374 e. The highest BCUT2D eigenvalue weighted by Gasteiger charge is 2.27. The zero-order valence-electron chi connectivity index (χ0n) is 18.9. The molecule has 9 heteroatoms. The Morgan fingerprint density at radius 2 is 1.70 bits per heavy atom. The van der Waals surface area contributed by atoms with Gasteiger partial charge in [0.1, 0.15) is 0 Å². The maximum atomic E-state index is 13.4. The van der Waals surface area contributed by atoms with Crippen LogP contribution in [0.3, 0.4) is 0 Å². The predicted octanol–water partition coefficient (Wildman–Crippen LogP) is 2.00. The van der Waals surface area contributed by atoms with E-state index in [9.17, 15) is 18.4 Å². The van der Waals surface area contributed by atoms with Crippen molar-refractivity contribution >= 4 is 23.2 Å². The Labute approximate surface area is 192 Å². The van der Waals surface area contributed by atoms with E-state index >= 15 is 0 Å². The zero-order chi connectivity index (χ0) is 23.5. The van der Waals surface area contributed by atoms with Crippen molar-refractivity contribution in [1.82, 2.24) is 15.1 Å². The van der Waals surface area contributed by atoms with E-state index in [4.69, 9.17) is 0 Å². The largest absolute Gasteiger partial charge is 0.374 e. The molecule has 2 heterocycles. The van der Waals surface area contributed by atoms with Gasteiger partial charge in [-0.2, -0.15) is 0 Å². The third-order valence-electron chi connectivity index (χ3n) is 6.43. The number of rotatable bonds is 5. The number of likely N-dealkylation sites (N-methyl/N-ethyl adjacent to an activating group) is 2. The summed E-state index contributed by atoms with van der Waals surface area (Å²) in [5, 5.41) is 5.04. The first-order valence-corrected chi connectivity index (χ1v) is 11.1. The van der Waals surface area contributed by atoms with Gasteiger partial charge in [0.25, 0.3) is 0 Å². The second kappa shape index (κ2) is 9.84. The Balaban J connectivity index is 1.45. The first kappa shape index (κ1) is 23.1. The molecule has 1 saturated heterocycles. The standard InChI is InChI=1S/C24H29F2N5O2/c1-29-9-11-31(12-10-29)22(16-3-6-21-17(13-16)7-8-30(21)2)15-27-23(32)24(33)28-18-4-5-19(25)20(26)14-18/h3-6,13-14,22H,7-12,15H2,1-2H3,(H,27,32)(H,28,33). The van der Waals surface area contributed by atoms with Gasteiger partial charge in [-0.05, 0) is 42.8 Å². The summed E-state index contributed by atoms with van der Waals surface area (Å²) in [6.45, 7) is 4.81. The number of hydrogen-bond donors (Lipinski definition) is 2. The van der Waals surface area contributed by atoms with Crippen molar-refractivity contribution < 1.29 is 18.4 Å². The van der Waals surface area contributed by atoms with Crippen molar-refractivity contribution in [2.24, 2.45) is 0 Å². The number of anilines is 2. The fraction of sp³-hybridized carbons (Fsp3) is 0.417. The molecule has 2 aliphatic heterocycles. The number of piperazine rings is 1. The number of amides is 2. The van der Waals surface area contributed by atoms with Crippen molar-refractivity contribution in [3.05, 3.63) is 59.2 Å². The van der Waals surface area contributed by atoms with Gasteiger partial charge in [-0.1, -0.05) is 12.1 Å². The molecular weight excluding hydrogens is 428 g/mol. The quantitative estimate of drug-likeness (QED) is 0.673. The maximum Gasteiger partial charge on any atom is 0.313 e. The van der Waals surface area contributed by atoms with Gasteiger partial charge in [-0.3, -0.25) is 14.5 Å². The van der Waals surface area contributed by atoms with Crippen LogP contribution in [0.1, 0.15) is 17.2 Å². The highest BCUT2D eigenvalue weighted by atomic mass is 19.2. The summed E-state index contributed by atoms with van der Waals surface area (Å²) < 4.78 is 26.5. The number of halogens is 2. The predicted molar refractivity (Wildman–Crippen MR) is 123 cm³/mol. The Morgan fingerprint density at radius 1 is 0.939 bits per heavy atom. The second-order valence-electron chi connectivity index (χ2n) is 8.71. The van der Waals surface area contributed by atoms with Gasteiger partial charge >= 0.3 is 11.8 Å². The first-order valence-electron chi connectivity index (χ1n) is 11.1. The van der Waals surface area contributed by atoms with Gasteiger partial charge in [-0.25, -0.2) is 8.78 Å². The number of nitrogens with zero attached hydrogens (tertiary/aromatic N) is 3. The molecule has 2 N–H and O–H groups in total. The zero-order valence-corrected chi connectivity index (χ0v) is 18.9. The lowest BCUT2D eigenvalue weighted by molar-refractivity contribution is -0.136. The van der Waals surface area contributed by atoms with Gasteiger partial charge in [0, 0.05) is 63.8 Å². The number of benzene rings is 2. The van der Waals surface area contributed by atoms with E-state index in [1.165, 1.54) is 17.3 Å². The van der Waals surface area contributed by atoms with Crippen molar-refractivity contribution in [3.63, 3.8) is 0 Å². The van der Waals surface area contributed by atoms with Crippen LogP contribution in [-0.4, -0.2) is 75.0 Å². The van der Waals surface area contributed by atoms with Crippen LogP contribution in [0.25, 0.3) is 0 Å². The Hall–Kier alpha value is -3.04. The SMILES string of the molecule is CN1CCN(C(CNC(=O)C(=O)Nc2ccc(F)c(F)c2)c2ccc3c(c2)CCN3C)CC1. The van der Waals surface area contributed by atoms with Crippen molar-refractivity contribution in [2.45, 2.75) is 12.5 Å². The van der Waals surface area contributed by atoms with Gasteiger partial charge in [-0.15, -0.1) is 0 Å². The molecule has 33 heavy (non-hydrogen) atoms. The number of hydrogen-bond acceptors (Lipinski definition) is 5. The van der Waals surface area contributed by atoms with Crippen LogP contribution < -0.4 is 15.5 Å². The van der Waals surface area contributed by atoms with Crippen LogP contribution in [0.4, 0.5) is 20.2 Å². The lowest BCUT2D eigenvalue weighted by Crippen LogP contribution is -2.49. The highest BCUT2D eigenvalue weighted by Crippen LogP contribution is 2.31. The summed E-state index contributed by atoms with van der Waals surface area (Å²) in [5.74, 6) is -3.85. The Morgan fingerprint density at radius 3 is 2.42 bits per heavy atom. The molecule has 7 nitrogen and oxygen atoms in total. The minimum absolute atomic E-state index is 0.0207. The maximum absolute atomic E-state index is 13.4. The summed E-state index contributed by atoms with van der Waals surface area (Å²) in [6, 6.07) is 9.30. The van der Waals surface area contributed by atoms with E-state index in [1.54, 1.807) is 0 Å². The van der Waals surface area contributed by atoms with Crippen LogP contribution in [0, 0.1) is 11.6 Å². The molecule has 1 unspecified atom stereocenters. The van der Waals surface area contributed by atoms with E-state index in [0.717, 1.165) is 56.8 Å². The average Bonchev–Trinajstić information content (AvgIpc) is 3.17. The molecule has 0 aliphatic carbocycles. The smallest absolute Gasteiger partial charge is 0.313 e. The molecule has 4 rings (SSSR count). The van der Waals surface area contributed by atoms with Crippen molar-refractivity contribution in [1.29, 1.82) is 0 Å². The summed E-state index contributed by atoms with van der Waals surface area (Å²) in [5.41, 5.74) is 3.64. The van der Waals surface area contributed by atoms with E-state index in [0.29, 0.717) is 0 Å². The molecule has 0 spiro atoms. The fourth-order valence-corrected chi connectivity index (χ4v) is 4.42. The van der Waals surface area contributed by atoms with E-state index in [1.807, 2.05) is 0 Å². The molecule has 1 atom stereocenters. The molecule has 2 amide bonds. The van der Waals surface area contributed by atoms with E-state index in [-0.39, 0.29) is 18.3 Å². The minimum atomic E-state index is -1.09. The first-order chi connectivity index (χ1) is 15.8. The topological polar surface area (TPSA) is 67.9 Å². The summed E-state index contributed by atoms with van der Waals surface area (Å²) in [6.07, 6.45) is 0.984. The van der Waals surface area contributed by atoms with Crippen LogP contribution >= 0.6 is 0 Å². The highest BCUT2D eigenvalue weighted by molar-refractivity contribution is 6.39. The lowest BCUT2D eigenvalue weighted by Gasteiger charge is -2.38. The average molecular weight is 458 g/mol. The van der Waals surface area contributed by atoms with Crippen LogP contribution in [-0.2, 0) is 16.0 Å². The molecule has 0 bridgehead atoms. The second-order valence-corrected chi connectivity index (χ2v) is 8.71. The Kier molecular flexibility index (Phi) is 6.90. The van der Waals surface area contributed by atoms with E-state index < -0.39 is 23.4 Å². The number of carbonyl (C=O) groups is 2. The molecule has 0 radical (unpaired) electrons. The third kappa shape index (κ3) is 5.31. The normalized spacial score (nSPS) is 17.5. The molecule has 0 aromatic heterocycles. The van der Waals surface area contributed by atoms with Crippen LogP contribution in [0.5, 0.6) is 0 Å². The summed E-state index contributed by atoms with van der Waals surface area (Å²) in [7, 11) is 4.16. The number of fused-ring (bicyclic) bond motifs is 1. The number of carbonyl (C=O) groups excluding carboxylic acids is 2. The molecule has 1 fully saturated rings. The van der Waals surface area contributed by atoms with Crippen molar-refractivity contribution in [2.75, 3.05) is 63.6 Å². The Bertz CT molecular complexity index is 1040. The van der Waals surface area contributed by atoms with Crippen LogP contribution in [0.15, 0.2) is 36.4 Å². The summed E-state index contributed by atoms with van der Waals surface area (Å²) in [4.78, 5) is 31.6. The molecule has 2 aromatic carbocycles. The van der Waals surface area contributed by atoms with E-state index in [2.05, 4.69) is 57.6 Å². The van der Waals surface area contributed by atoms with Crippen LogP contribution in [0.2, 0.25) is 0 Å².